The standard InChI is InChI=1S/C27H32N2O5/c1-7-33-26(31)18(4)28(5)25(30)24(17(2)3)29(6)27(32)34-16-23-21-14-10-8-12-19(21)20-13-9-11-15-22(20)23/h7-15,17-18,23-24H,1,16H2,2-6H3/t18-,24-/m0/s1/i7T. The summed E-state index contributed by atoms with van der Waals surface area (Å²) in [7, 11) is 2.98. The number of hydrogen-bond donors (Lipinski definition) is 0. The maximum absolute atomic E-state index is 13.2. The first-order chi connectivity index (χ1) is 16.5. The van der Waals surface area contributed by atoms with E-state index in [1.165, 1.54) is 30.8 Å². The highest BCUT2D eigenvalue weighted by Gasteiger charge is 2.37. The van der Waals surface area contributed by atoms with Crippen LogP contribution >= 0.6 is 0 Å². The number of likely N-dealkylation sites (N-methyl/N-ethyl adjacent to an activating group) is 2. The van der Waals surface area contributed by atoms with Gasteiger partial charge in [0, 0.05) is 20.0 Å². The fraction of sp³-hybridized carbons (Fsp3) is 0.370. The van der Waals surface area contributed by atoms with Crippen LogP contribution in [0, 0.1) is 5.92 Å². The maximum atomic E-state index is 13.2. The third kappa shape index (κ3) is 4.83. The number of rotatable bonds is 8. The molecule has 2 amide bonds. The Kier molecular flexibility index (Phi) is 7.30. The summed E-state index contributed by atoms with van der Waals surface area (Å²) >= 11 is 0. The summed E-state index contributed by atoms with van der Waals surface area (Å²) in [5, 5.41) is 0. The van der Waals surface area contributed by atoms with Gasteiger partial charge in [0.2, 0.25) is 5.91 Å². The Morgan fingerprint density at radius 1 is 1.00 bits per heavy atom. The number of nitrogens with zero attached hydrogens (tertiary/aromatic N) is 2. The van der Waals surface area contributed by atoms with Crippen LogP contribution in [0.5, 0.6) is 0 Å². The Balaban J connectivity index is 1.72. The van der Waals surface area contributed by atoms with E-state index < -0.39 is 36.3 Å². The molecule has 0 saturated carbocycles. The summed E-state index contributed by atoms with van der Waals surface area (Å²) < 4.78 is 17.7. The number of carbonyl (C=O) groups is 3. The minimum atomic E-state index is -0.957. The van der Waals surface area contributed by atoms with Gasteiger partial charge in [-0.3, -0.25) is 9.69 Å². The molecule has 34 heavy (non-hydrogen) atoms. The average Bonchev–Trinajstić information content (AvgIpc) is 3.14. The second kappa shape index (κ2) is 10.5. The van der Waals surface area contributed by atoms with Gasteiger partial charge in [0.05, 0.1) is 6.24 Å². The Hall–Kier alpha value is -3.61. The summed E-state index contributed by atoms with van der Waals surface area (Å²) in [6.45, 7) is 8.50. The third-order valence-corrected chi connectivity index (χ3v) is 6.37. The van der Waals surface area contributed by atoms with E-state index in [-0.39, 0.29) is 18.4 Å². The van der Waals surface area contributed by atoms with Crippen LogP contribution in [0.25, 0.3) is 11.1 Å². The van der Waals surface area contributed by atoms with Crippen LogP contribution in [0.2, 0.25) is 0 Å². The van der Waals surface area contributed by atoms with E-state index in [2.05, 4.69) is 18.7 Å². The van der Waals surface area contributed by atoms with Crippen molar-refractivity contribution in [2.45, 2.75) is 38.8 Å². The number of benzene rings is 2. The molecule has 7 heteroatoms. The molecule has 0 spiro atoms. The molecule has 0 aromatic heterocycles. The molecule has 0 saturated heterocycles. The molecule has 0 unspecified atom stereocenters. The van der Waals surface area contributed by atoms with E-state index in [1.54, 1.807) is 0 Å². The minimum Gasteiger partial charge on any atom is -0.448 e. The van der Waals surface area contributed by atoms with Crippen LogP contribution in [0.1, 0.15) is 39.2 Å². The summed E-state index contributed by atoms with van der Waals surface area (Å²) in [5.41, 5.74) is 4.46. The molecule has 2 aromatic rings. The fourth-order valence-corrected chi connectivity index (χ4v) is 4.42. The molecule has 1 aliphatic carbocycles. The third-order valence-electron chi connectivity index (χ3n) is 6.37. The van der Waals surface area contributed by atoms with Crippen LogP contribution in [-0.2, 0) is 19.1 Å². The normalized spacial score (nSPS) is 14.4. The molecular weight excluding hydrogens is 432 g/mol. The molecule has 0 bridgehead atoms. The monoisotopic (exact) mass is 466 g/mol. The largest absolute Gasteiger partial charge is 0.448 e. The van der Waals surface area contributed by atoms with Crippen molar-refractivity contribution in [3.8, 4) is 11.1 Å². The predicted molar refractivity (Wildman–Crippen MR) is 130 cm³/mol. The summed E-state index contributed by atoms with van der Waals surface area (Å²) in [6, 6.07) is 14.3. The van der Waals surface area contributed by atoms with Gasteiger partial charge in [-0.15, -0.1) is 0 Å². The number of hydrogen-bond acceptors (Lipinski definition) is 5. The molecule has 0 N–H and O–H groups in total. The fourth-order valence-electron chi connectivity index (χ4n) is 4.42. The van der Waals surface area contributed by atoms with E-state index in [1.807, 2.05) is 50.2 Å². The molecular formula is C27H32N2O5. The molecule has 180 valence electrons. The smallest absolute Gasteiger partial charge is 0.410 e. The first-order valence-corrected chi connectivity index (χ1v) is 11.3. The van der Waals surface area contributed by atoms with Crippen molar-refractivity contribution in [2.75, 3.05) is 20.7 Å². The molecule has 3 rings (SSSR count). The van der Waals surface area contributed by atoms with Crippen molar-refractivity contribution in [3.63, 3.8) is 0 Å². The van der Waals surface area contributed by atoms with Crippen LogP contribution in [0.4, 0.5) is 4.79 Å². The average molecular weight is 467 g/mol. The zero-order chi connectivity index (χ0) is 25.9. The first-order valence-electron chi connectivity index (χ1n) is 11.8. The zero-order valence-electron chi connectivity index (χ0n) is 21.3. The van der Waals surface area contributed by atoms with Crippen molar-refractivity contribution >= 4 is 18.0 Å². The van der Waals surface area contributed by atoms with Gasteiger partial charge in [-0.1, -0.05) is 69.0 Å². The van der Waals surface area contributed by atoms with E-state index in [4.69, 9.17) is 10.8 Å². The molecule has 0 radical (unpaired) electrons. The number of ether oxygens (including phenoxy) is 2. The van der Waals surface area contributed by atoms with Crippen LogP contribution < -0.4 is 0 Å². The Bertz CT molecular complexity index is 1090. The van der Waals surface area contributed by atoms with Gasteiger partial charge in [0.1, 0.15) is 20.1 Å². The van der Waals surface area contributed by atoms with Crippen LogP contribution in [-0.4, -0.2) is 60.6 Å². The Morgan fingerprint density at radius 2 is 1.53 bits per heavy atom. The highest BCUT2D eigenvalue weighted by atomic mass is 16.6. The molecule has 0 heterocycles. The number of amides is 2. The molecule has 2 aromatic carbocycles. The van der Waals surface area contributed by atoms with Gasteiger partial charge in [-0.2, -0.15) is 0 Å². The molecule has 7 nitrogen and oxygen atoms in total. The van der Waals surface area contributed by atoms with E-state index in [0.29, 0.717) is 0 Å². The molecule has 1 aliphatic rings. The second-order valence-electron chi connectivity index (χ2n) is 8.79. The van der Waals surface area contributed by atoms with E-state index in [9.17, 15) is 14.4 Å². The molecule has 0 aliphatic heterocycles. The van der Waals surface area contributed by atoms with E-state index >= 15 is 0 Å². The summed E-state index contributed by atoms with van der Waals surface area (Å²) in [6.07, 6.45) is -1.12. The molecule has 0 fully saturated rings. The number of esters is 1. The van der Waals surface area contributed by atoms with Gasteiger partial charge in [0.15, 0.2) is 0 Å². The van der Waals surface area contributed by atoms with Gasteiger partial charge >= 0.3 is 12.1 Å². The van der Waals surface area contributed by atoms with Gasteiger partial charge in [0.25, 0.3) is 0 Å². The number of fused-ring (bicyclic) bond motifs is 3. The lowest BCUT2D eigenvalue weighted by molar-refractivity contribution is -0.151. The van der Waals surface area contributed by atoms with Crippen LogP contribution in [0.15, 0.2) is 61.3 Å². The van der Waals surface area contributed by atoms with Crippen molar-refractivity contribution in [1.29, 1.82) is 0 Å². The number of carbonyl (C=O) groups excluding carboxylic acids is 3. The summed E-state index contributed by atoms with van der Waals surface area (Å²) in [4.78, 5) is 40.9. The highest BCUT2D eigenvalue weighted by Crippen LogP contribution is 2.44. The lowest BCUT2D eigenvalue weighted by Gasteiger charge is -2.34. The predicted octanol–water partition coefficient (Wildman–Crippen LogP) is 4.43. The summed E-state index contributed by atoms with van der Waals surface area (Å²) in [5.74, 6) is -1.55. The van der Waals surface area contributed by atoms with Crippen molar-refractivity contribution in [3.05, 3.63) is 72.5 Å². The van der Waals surface area contributed by atoms with Crippen molar-refractivity contribution in [1.82, 2.24) is 9.80 Å². The highest BCUT2D eigenvalue weighted by molar-refractivity contribution is 5.89. The van der Waals surface area contributed by atoms with Gasteiger partial charge in [-0.05, 0) is 35.1 Å². The first kappa shape index (κ1) is 23.5. The van der Waals surface area contributed by atoms with E-state index in [0.717, 1.165) is 22.3 Å². The molecule has 2 atom stereocenters. The minimum absolute atomic E-state index is 0.0941. The second-order valence-corrected chi connectivity index (χ2v) is 8.79. The van der Waals surface area contributed by atoms with Gasteiger partial charge in [-0.25, -0.2) is 9.59 Å². The Labute approximate surface area is 202 Å². The maximum Gasteiger partial charge on any atom is 0.410 e. The lowest BCUT2D eigenvalue weighted by atomic mass is 9.98. The van der Waals surface area contributed by atoms with Crippen molar-refractivity contribution in [2.24, 2.45) is 5.92 Å². The quantitative estimate of drug-likeness (QED) is 0.425. The Morgan fingerprint density at radius 3 is 2.03 bits per heavy atom. The zero-order valence-corrected chi connectivity index (χ0v) is 20.3. The topological polar surface area (TPSA) is 76.2 Å². The van der Waals surface area contributed by atoms with Crippen LogP contribution in [0.3, 0.4) is 0 Å². The van der Waals surface area contributed by atoms with Crippen molar-refractivity contribution < 1.29 is 25.2 Å². The SMILES string of the molecule is [3H]C(=C)OC(=O)[C@H](C)N(C)C(=O)[C@H](C(C)C)N(C)C(=O)OCC1c2ccccc2-c2ccccc21. The van der Waals surface area contributed by atoms with Gasteiger partial charge < -0.3 is 14.4 Å². The lowest BCUT2D eigenvalue weighted by Crippen LogP contribution is -2.54.